The lowest BCUT2D eigenvalue weighted by Gasteiger charge is -2.12. The number of halogens is 1. The first-order chi connectivity index (χ1) is 13.3. The van der Waals surface area contributed by atoms with Crippen molar-refractivity contribution in [3.8, 4) is 0 Å². The second-order valence-electron chi connectivity index (χ2n) is 6.31. The Bertz CT molecular complexity index is 1130. The third-order valence-electron chi connectivity index (χ3n) is 4.32. The zero-order valence-corrected chi connectivity index (χ0v) is 16.9. The first kappa shape index (κ1) is 19.9. The molecule has 3 rings (SSSR count). The van der Waals surface area contributed by atoms with Gasteiger partial charge in [0.25, 0.3) is 15.9 Å². The molecule has 0 saturated heterocycles. The molecule has 3 aromatic rings. The summed E-state index contributed by atoms with van der Waals surface area (Å²) in [4.78, 5) is 12.5. The Hall–Kier alpha value is -2.83. The van der Waals surface area contributed by atoms with Crippen LogP contribution in [-0.4, -0.2) is 14.3 Å². The lowest BCUT2D eigenvalue weighted by molar-refractivity contribution is 0.102. The van der Waals surface area contributed by atoms with Crippen LogP contribution in [0.5, 0.6) is 0 Å². The van der Waals surface area contributed by atoms with Gasteiger partial charge in [-0.2, -0.15) is 0 Å². The molecule has 0 heterocycles. The van der Waals surface area contributed by atoms with Gasteiger partial charge in [-0.15, -0.1) is 0 Å². The van der Waals surface area contributed by atoms with Gasteiger partial charge in [0.15, 0.2) is 0 Å². The molecule has 3 aromatic carbocycles. The fourth-order valence-electron chi connectivity index (χ4n) is 2.67. The molecular formula is C21H19ClN2O3S. The molecule has 0 unspecified atom stereocenters. The zero-order valence-electron chi connectivity index (χ0n) is 15.4. The summed E-state index contributed by atoms with van der Waals surface area (Å²) in [6, 6.07) is 18.3. The number of carbonyl (C=O) groups is 1. The van der Waals surface area contributed by atoms with Gasteiger partial charge in [-0.1, -0.05) is 35.9 Å². The van der Waals surface area contributed by atoms with E-state index in [1.54, 1.807) is 49.4 Å². The minimum absolute atomic E-state index is 0.0840. The van der Waals surface area contributed by atoms with Gasteiger partial charge >= 0.3 is 0 Å². The number of sulfonamides is 1. The van der Waals surface area contributed by atoms with Gasteiger partial charge in [-0.25, -0.2) is 8.42 Å². The number of anilines is 2. The number of benzene rings is 3. The van der Waals surface area contributed by atoms with Gasteiger partial charge in [0, 0.05) is 16.3 Å². The molecular weight excluding hydrogens is 396 g/mol. The van der Waals surface area contributed by atoms with Crippen LogP contribution in [0, 0.1) is 13.8 Å². The third kappa shape index (κ3) is 4.35. The van der Waals surface area contributed by atoms with Crippen LogP contribution < -0.4 is 10.0 Å². The summed E-state index contributed by atoms with van der Waals surface area (Å²) in [6.07, 6.45) is 0. The van der Waals surface area contributed by atoms with E-state index in [0.717, 1.165) is 5.56 Å². The smallest absolute Gasteiger partial charge is 0.261 e. The van der Waals surface area contributed by atoms with Gasteiger partial charge < -0.3 is 5.32 Å². The highest BCUT2D eigenvalue weighted by atomic mass is 35.5. The Kier molecular flexibility index (Phi) is 5.72. The normalized spacial score (nSPS) is 11.1. The molecule has 28 heavy (non-hydrogen) atoms. The van der Waals surface area contributed by atoms with Crippen molar-refractivity contribution in [2.45, 2.75) is 18.7 Å². The van der Waals surface area contributed by atoms with Crippen LogP contribution in [0.4, 0.5) is 11.4 Å². The molecule has 1 amide bonds. The molecule has 0 saturated carbocycles. The van der Waals surface area contributed by atoms with E-state index in [-0.39, 0.29) is 10.8 Å². The molecule has 0 spiro atoms. The maximum atomic E-state index is 12.6. The molecule has 0 aliphatic rings. The molecule has 0 aromatic heterocycles. The molecule has 2 N–H and O–H groups in total. The predicted octanol–water partition coefficient (Wildman–Crippen LogP) is 5.01. The average molecular weight is 415 g/mol. The quantitative estimate of drug-likeness (QED) is 0.616. The van der Waals surface area contributed by atoms with Crippen molar-refractivity contribution in [3.63, 3.8) is 0 Å². The number of aryl methyl sites for hydroxylation is 1. The van der Waals surface area contributed by atoms with Gasteiger partial charge in [0.1, 0.15) is 0 Å². The van der Waals surface area contributed by atoms with Crippen LogP contribution in [-0.2, 0) is 10.0 Å². The monoisotopic (exact) mass is 414 g/mol. The molecule has 0 aliphatic heterocycles. The maximum Gasteiger partial charge on any atom is 0.261 e. The predicted molar refractivity (Wildman–Crippen MR) is 113 cm³/mol. The fraction of sp³-hybridized carbons (Fsp3) is 0.0952. The van der Waals surface area contributed by atoms with Crippen molar-refractivity contribution in [3.05, 3.63) is 88.4 Å². The van der Waals surface area contributed by atoms with Crippen molar-refractivity contribution < 1.29 is 13.2 Å². The number of nitrogens with one attached hydrogen (secondary N) is 2. The van der Waals surface area contributed by atoms with Crippen molar-refractivity contribution >= 4 is 38.9 Å². The standard InChI is InChI=1S/C21H19ClN2O3S/c1-14-6-3-4-7-18(14)21(25)23-16-10-12-17(13-11-16)28(26,27)24-20-9-5-8-19(22)15(20)2/h3-13,24H,1-2H3,(H,23,25). The van der Waals surface area contributed by atoms with E-state index in [2.05, 4.69) is 10.0 Å². The van der Waals surface area contributed by atoms with Gasteiger partial charge in [-0.3, -0.25) is 9.52 Å². The van der Waals surface area contributed by atoms with Gasteiger partial charge in [0.05, 0.1) is 10.6 Å². The molecule has 0 fully saturated rings. The van der Waals surface area contributed by atoms with Crippen LogP contribution in [0.3, 0.4) is 0 Å². The first-order valence-electron chi connectivity index (χ1n) is 8.53. The minimum Gasteiger partial charge on any atom is -0.322 e. The fourth-order valence-corrected chi connectivity index (χ4v) is 3.96. The summed E-state index contributed by atoms with van der Waals surface area (Å²) in [5.74, 6) is -0.249. The summed E-state index contributed by atoms with van der Waals surface area (Å²) in [7, 11) is -3.78. The van der Waals surface area contributed by atoms with Crippen LogP contribution in [0.15, 0.2) is 71.6 Å². The van der Waals surface area contributed by atoms with E-state index in [9.17, 15) is 13.2 Å². The lowest BCUT2D eigenvalue weighted by Crippen LogP contribution is -2.15. The topological polar surface area (TPSA) is 75.3 Å². The van der Waals surface area contributed by atoms with Crippen LogP contribution >= 0.6 is 11.6 Å². The lowest BCUT2D eigenvalue weighted by atomic mass is 10.1. The Morgan fingerprint density at radius 2 is 1.57 bits per heavy atom. The van der Waals surface area contributed by atoms with E-state index in [0.29, 0.717) is 27.5 Å². The maximum absolute atomic E-state index is 12.6. The highest BCUT2D eigenvalue weighted by Crippen LogP contribution is 2.26. The number of hydrogen-bond acceptors (Lipinski definition) is 3. The first-order valence-corrected chi connectivity index (χ1v) is 10.4. The Morgan fingerprint density at radius 1 is 0.893 bits per heavy atom. The largest absolute Gasteiger partial charge is 0.322 e. The summed E-state index contributed by atoms with van der Waals surface area (Å²) >= 11 is 6.04. The minimum atomic E-state index is -3.78. The molecule has 0 bridgehead atoms. The second kappa shape index (κ2) is 8.04. The van der Waals surface area contributed by atoms with Gasteiger partial charge in [0.2, 0.25) is 0 Å². The van der Waals surface area contributed by atoms with Crippen LogP contribution in [0.25, 0.3) is 0 Å². The van der Waals surface area contributed by atoms with Gasteiger partial charge in [-0.05, 0) is 67.4 Å². The molecule has 144 valence electrons. The molecule has 0 aliphatic carbocycles. The van der Waals surface area contributed by atoms with Crippen LogP contribution in [0.1, 0.15) is 21.5 Å². The van der Waals surface area contributed by atoms with Crippen molar-refractivity contribution in [2.75, 3.05) is 10.0 Å². The van der Waals surface area contributed by atoms with E-state index < -0.39 is 10.0 Å². The number of amides is 1. The summed E-state index contributed by atoms with van der Waals surface area (Å²) in [5, 5.41) is 3.25. The number of rotatable bonds is 5. The number of carbonyl (C=O) groups excluding carboxylic acids is 1. The Morgan fingerprint density at radius 3 is 2.25 bits per heavy atom. The van der Waals surface area contributed by atoms with E-state index in [4.69, 9.17) is 11.6 Å². The van der Waals surface area contributed by atoms with Crippen molar-refractivity contribution in [2.24, 2.45) is 0 Å². The van der Waals surface area contributed by atoms with E-state index in [1.807, 2.05) is 19.1 Å². The third-order valence-corrected chi connectivity index (χ3v) is 6.12. The zero-order chi connectivity index (χ0) is 20.3. The molecule has 0 radical (unpaired) electrons. The van der Waals surface area contributed by atoms with Crippen molar-refractivity contribution in [1.29, 1.82) is 0 Å². The SMILES string of the molecule is Cc1ccccc1C(=O)Nc1ccc(S(=O)(=O)Nc2cccc(Cl)c2C)cc1. The Balaban J connectivity index is 1.77. The summed E-state index contributed by atoms with van der Waals surface area (Å²) in [6.45, 7) is 3.60. The Labute approximate surface area is 169 Å². The molecule has 0 atom stereocenters. The molecule has 5 nitrogen and oxygen atoms in total. The average Bonchev–Trinajstić information content (AvgIpc) is 2.66. The number of hydrogen-bond donors (Lipinski definition) is 2. The van der Waals surface area contributed by atoms with E-state index >= 15 is 0 Å². The van der Waals surface area contributed by atoms with Crippen LogP contribution in [0.2, 0.25) is 5.02 Å². The molecule has 7 heteroatoms. The highest BCUT2D eigenvalue weighted by Gasteiger charge is 2.16. The summed E-state index contributed by atoms with van der Waals surface area (Å²) < 4.78 is 27.8. The van der Waals surface area contributed by atoms with Crippen molar-refractivity contribution in [1.82, 2.24) is 0 Å². The summed E-state index contributed by atoms with van der Waals surface area (Å²) in [5.41, 5.74) is 3.00. The van der Waals surface area contributed by atoms with E-state index in [1.165, 1.54) is 12.1 Å². The second-order valence-corrected chi connectivity index (χ2v) is 8.40. The highest BCUT2D eigenvalue weighted by molar-refractivity contribution is 7.92.